The van der Waals surface area contributed by atoms with E-state index < -0.39 is 7.60 Å². The molecule has 3 rings (SSSR count). The lowest BCUT2D eigenvalue weighted by atomic mass is 10.2. The van der Waals surface area contributed by atoms with Crippen molar-refractivity contribution in [3.63, 3.8) is 0 Å². The average molecular weight is 649 g/mol. The number of unbranched alkanes of at least 4 members (excludes halogenated alkanes) is 6. The smallest absolute Gasteiger partial charge is 0.307 e. The summed E-state index contributed by atoms with van der Waals surface area (Å²) in [5.74, 6) is 2.44. The van der Waals surface area contributed by atoms with E-state index >= 15 is 0 Å². The molecular weight excluding hydrogens is 612 g/mol. The molecule has 0 radical (unpaired) electrons. The summed E-state index contributed by atoms with van der Waals surface area (Å²) in [6.07, 6.45) is 10.6. The van der Waals surface area contributed by atoms with Crippen LogP contribution >= 0.6 is 102 Å². The van der Waals surface area contributed by atoms with Crippen molar-refractivity contribution in [1.29, 1.82) is 0 Å². The fraction of sp³-hybridized carbons (Fsp3) is 0.739. The van der Waals surface area contributed by atoms with E-state index in [1.165, 1.54) is 88.3 Å². The molecule has 12 heteroatoms. The first-order valence-corrected chi connectivity index (χ1v) is 21.1. The predicted octanol–water partition coefficient (Wildman–Crippen LogP) is 12.0. The van der Waals surface area contributed by atoms with E-state index in [0.717, 1.165) is 0 Å². The van der Waals surface area contributed by atoms with Gasteiger partial charge in [0, 0.05) is 0 Å². The summed E-state index contributed by atoms with van der Waals surface area (Å²) in [7, 11) is -3.11. The molecule has 0 aromatic carbocycles. The lowest BCUT2D eigenvalue weighted by molar-refractivity contribution is 0.223. The molecule has 0 atom stereocenters. The molecule has 0 aliphatic carbocycles. The number of hydrogen-bond acceptors (Lipinski definition) is 11. The minimum atomic E-state index is -3.11. The van der Waals surface area contributed by atoms with Crippen molar-refractivity contribution in [1.82, 2.24) is 0 Å². The van der Waals surface area contributed by atoms with Crippen LogP contribution in [0.3, 0.4) is 0 Å². The molecule has 35 heavy (non-hydrogen) atoms. The van der Waals surface area contributed by atoms with Gasteiger partial charge in [0.15, 0.2) is 4.32 Å². The lowest BCUT2D eigenvalue weighted by Gasteiger charge is -2.22. The van der Waals surface area contributed by atoms with Crippen molar-refractivity contribution in [2.24, 2.45) is 0 Å². The maximum absolute atomic E-state index is 13.2. The van der Waals surface area contributed by atoms with E-state index in [1.807, 2.05) is 60.9 Å². The predicted molar refractivity (Wildman–Crippen MR) is 174 cm³/mol. The van der Waals surface area contributed by atoms with Gasteiger partial charge < -0.3 is 9.05 Å². The normalized spacial score (nSPS) is 19.1. The van der Waals surface area contributed by atoms with Crippen LogP contribution in [0.4, 0.5) is 0 Å². The first-order valence-electron chi connectivity index (χ1n) is 12.5. The monoisotopic (exact) mass is 648 g/mol. The molecule has 3 aliphatic heterocycles. The third-order valence-corrected chi connectivity index (χ3v) is 20.6. The fourth-order valence-corrected chi connectivity index (χ4v) is 19.7. The van der Waals surface area contributed by atoms with E-state index in [4.69, 9.17) is 9.05 Å². The van der Waals surface area contributed by atoms with Gasteiger partial charge in [0.05, 0.1) is 38.6 Å². The second-order valence-electron chi connectivity index (χ2n) is 7.87. The van der Waals surface area contributed by atoms with E-state index in [0.29, 0.717) is 13.2 Å². The van der Waals surface area contributed by atoms with Crippen molar-refractivity contribution < 1.29 is 13.6 Å². The first-order chi connectivity index (χ1) is 17.0. The zero-order valence-corrected chi connectivity index (χ0v) is 28.4. The largest absolute Gasteiger partial charge is 0.354 e. The van der Waals surface area contributed by atoms with Crippen LogP contribution in [0.5, 0.6) is 0 Å². The van der Waals surface area contributed by atoms with Crippen LogP contribution in [0.15, 0.2) is 25.4 Å². The summed E-state index contributed by atoms with van der Waals surface area (Å²) in [6.45, 7) is 9.13. The molecule has 0 unspecified atom stereocenters. The summed E-state index contributed by atoms with van der Waals surface area (Å²) in [5, 5.41) is 0. The zero-order valence-electron chi connectivity index (χ0n) is 21.0. The zero-order chi connectivity index (χ0) is 25.1. The highest BCUT2D eigenvalue weighted by Crippen LogP contribution is 2.76. The summed E-state index contributed by atoms with van der Waals surface area (Å²) in [6, 6.07) is 0. The van der Waals surface area contributed by atoms with Gasteiger partial charge in [-0.05, 0) is 38.2 Å². The van der Waals surface area contributed by atoms with E-state index in [9.17, 15) is 4.57 Å². The molecule has 0 fully saturated rings. The third kappa shape index (κ3) is 9.65. The molecule has 0 spiro atoms. The molecule has 3 nitrogen and oxygen atoms in total. The van der Waals surface area contributed by atoms with Crippen molar-refractivity contribution >= 4 is 102 Å². The Morgan fingerprint density at radius 3 is 1.54 bits per heavy atom. The Bertz CT molecular complexity index is 787. The third-order valence-electron chi connectivity index (χ3n) is 5.00. The summed E-state index contributed by atoms with van der Waals surface area (Å²) in [5.41, 5.74) is 0. The molecule has 0 bridgehead atoms. The van der Waals surface area contributed by atoms with Gasteiger partial charge in [-0.2, -0.15) is 0 Å². The van der Waals surface area contributed by atoms with Gasteiger partial charge in [0.2, 0.25) is 0 Å². The fourth-order valence-electron chi connectivity index (χ4n) is 3.28. The van der Waals surface area contributed by atoms with Crippen molar-refractivity contribution in [3.05, 3.63) is 25.4 Å². The van der Waals surface area contributed by atoms with Crippen LogP contribution in [0.2, 0.25) is 0 Å². The van der Waals surface area contributed by atoms with Crippen LogP contribution in [0.1, 0.15) is 79.1 Å². The molecular formula is C23H37O3PS8. The Balaban J connectivity index is 1.58. The summed E-state index contributed by atoms with van der Waals surface area (Å²) >= 11 is 15.1. The van der Waals surface area contributed by atoms with Gasteiger partial charge in [-0.25, -0.2) is 0 Å². The van der Waals surface area contributed by atoms with Crippen LogP contribution < -0.4 is 0 Å². The van der Waals surface area contributed by atoms with Crippen molar-refractivity contribution in [3.8, 4) is 0 Å². The Hall–Kier alpha value is 2.17. The minimum Gasteiger partial charge on any atom is -0.307 e. The van der Waals surface area contributed by atoms with Gasteiger partial charge in [0.25, 0.3) is 0 Å². The summed E-state index contributed by atoms with van der Waals surface area (Å²) < 4.78 is 32.6. The highest BCUT2D eigenvalue weighted by atomic mass is 32.3. The average Bonchev–Trinajstić information content (AvgIpc) is 3.53. The highest BCUT2D eigenvalue weighted by molar-refractivity contribution is 8.49. The first kappa shape index (κ1) is 31.7. The summed E-state index contributed by atoms with van der Waals surface area (Å²) in [4.78, 5) is 0. The van der Waals surface area contributed by atoms with Gasteiger partial charge in [-0.15, -0.1) is 23.5 Å². The maximum Gasteiger partial charge on any atom is 0.354 e. The number of rotatable bonds is 17. The van der Waals surface area contributed by atoms with Crippen molar-refractivity contribution in [2.45, 2.75) is 83.4 Å². The van der Waals surface area contributed by atoms with Crippen LogP contribution in [-0.4, -0.2) is 29.0 Å². The quantitative estimate of drug-likeness (QED) is 0.112. The molecule has 0 N–H and O–H groups in total. The van der Waals surface area contributed by atoms with Gasteiger partial charge in [-0.1, -0.05) is 123 Å². The van der Waals surface area contributed by atoms with Gasteiger partial charge in [0.1, 0.15) is 0 Å². The van der Waals surface area contributed by atoms with E-state index in [1.54, 1.807) is 23.5 Å². The Morgan fingerprint density at radius 2 is 1.11 bits per heavy atom. The molecule has 3 aliphatic rings. The minimum absolute atomic E-state index is 0.190. The molecule has 0 amide bonds. The molecule has 3 heterocycles. The van der Waals surface area contributed by atoms with E-state index in [-0.39, 0.29) is 4.32 Å². The Labute approximate surface area is 246 Å². The van der Waals surface area contributed by atoms with Crippen LogP contribution in [-0.2, 0) is 13.6 Å². The SMILES string of the molecule is CCCCCCSC1=C(SCCCCCC)SC(=C2SC3=C(S2)SC(P(=O)(OCC)OCC)S3)S1. The highest BCUT2D eigenvalue weighted by Gasteiger charge is 2.46. The lowest BCUT2D eigenvalue weighted by Crippen LogP contribution is -2.04. The standard InChI is InChI=1S/C23H37O3PS8/c1-5-9-11-13-15-28-17-18(29-16-14-12-10-6-2)31-19(30-17)20-32-21-22(33-20)35-23(34-21)27(24,25-7-3)26-8-4/h23H,5-16H2,1-4H3. The van der Waals surface area contributed by atoms with E-state index in [2.05, 4.69) is 37.4 Å². The second kappa shape index (κ2) is 17.1. The Kier molecular flexibility index (Phi) is 15.5. The maximum atomic E-state index is 13.2. The molecule has 0 saturated heterocycles. The Morgan fingerprint density at radius 1 is 0.657 bits per heavy atom. The van der Waals surface area contributed by atoms with Crippen molar-refractivity contribution in [2.75, 3.05) is 24.7 Å². The molecule has 200 valence electrons. The van der Waals surface area contributed by atoms with Gasteiger partial charge >= 0.3 is 7.60 Å². The molecule has 0 saturated carbocycles. The van der Waals surface area contributed by atoms with Gasteiger partial charge in [-0.3, -0.25) is 4.57 Å². The number of thioether (sulfide) groups is 8. The topological polar surface area (TPSA) is 35.5 Å². The second-order valence-corrected chi connectivity index (χ2v) is 21.1. The molecule has 0 aromatic rings. The number of hydrogen-bond donors (Lipinski definition) is 0. The van der Waals surface area contributed by atoms with Crippen LogP contribution in [0.25, 0.3) is 0 Å². The molecule has 0 aromatic heterocycles. The van der Waals surface area contributed by atoms with Crippen LogP contribution in [0, 0.1) is 0 Å².